The number of piperidine rings is 1. The van der Waals surface area contributed by atoms with E-state index in [-0.39, 0.29) is 6.10 Å². The van der Waals surface area contributed by atoms with Crippen LogP contribution in [0, 0.1) is 0 Å². The third-order valence-corrected chi connectivity index (χ3v) is 3.68. The van der Waals surface area contributed by atoms with Crippen LogP contribution in [0.5, 0.6) is 0 Å². The highest BCUT2D eigenvalue weighted by Crippen LogP contribution is 2.19. The molecule has 0 aromatic rings. The summed E-state index contributed by atoms with van der Waals surface area (Å²) < 4.78 is 10.5. The van der Waals surface area contributed by atoms with Crippen LogP contribution in [0.4, 0.5) is 0 Å². The van der Waals surface area contributed by atoms with Crippen LogP contribution in [-0.2, 0) is 9.47 Å². The number of rotatable bonds is 8. The molecule has 0 spiro atoms. The van der Waals surface area contributed by atoms with Crippen molar-refractivity contribution in [3.63, 3.8) is 0 Å². The molecule has 1 aliphatic heterocycles. The third-order valence-electron chi connectivity index (χ3n) is 3.68. The summed E-state index contributed by atoms with van der Waals surface area (Å²) in [7, 11) is 1.65. The third kappa shape index (κ3) is 6.19. The predicted molar refractivity (Wildman–Crippen MR) is 75.9 cm³/mol. The molecule has 2 N–H and O–H groups in total. The molecule has 0 amide bonds. The van der Waals surface area contributed by atoms with Crippen LogP contribution >= 0.6 is 0 Å². The first-order valence-electron chi connectivity index (χ1n) is 7.35. The molecule has 0 bridgehead atoms. The van der Waals surface area contributed by atoms with Gasteiger partial charge in [0.15, 0.2) is 0 Å². The predicted octanol–water partition coefficient (Wildman–Crippen LogP) is 1.17. The van der Waals surface area contributed by atoms with E-state index in [1.54, 1.807) is 7.11 Å². The Hall–Kier alpha value is -0.200. The van der Waals surface area contributed by atoms with Crippen molar-refractivity contribution in [1.29, 1.82) is 0 Å². The summed E-state index contributed by atoms with van der Waals surface area (Å²) in [4.78, 5) is 0. The number of ether oxygens (including phenoxy) is 2. The van der Waals surface area contributed by atoms with Gasteiger partial charge in [-0.1, -0.05) is 6.42 Å². The fourth-order valence-electron chi connectivity index (χ4n) is 2.56. The van der Waals surface area contributed by atoms with E-state index < -0.39 is 6.10 Å². The average Bonchev–Trinajstić information content (AvgIpc) is 2.36. The second-order valence-electron chi connectivity index (χ2n) is 5.65. The lowest BCUT2D eigenvalue weighted by Crippen LogP contribution is -2.54. The zero-order chi connectivity index (χ0) is 14.3. The highest BCUT2D eigenvalue weighted by molar-refractivity contribution is 4.77. The second-order valence-corrected chi connectivity index (χ2v) is 5.65. The fourth-order valence-corrected chi connectivity index (χ4v) is 2.56. The van der Waals surface area contributed by atoms with Gasteiger partial charge in [0.1, 0.15) is 0 Å². The van der Waals surface area contributed by atoms with Crippen molar-refractivity contribution in [1.82, 2.24) is 10.4 Å². The van der Waals surface area contributed by atoms with Crippen molar-refractivity contribution in [2.75, 3.05) is 26.9 Å². The number of hydrazine groups is 1. The molecule has 0 aromatic heterocycles. The van der Waals surface area contributed by atoms with Gasteiger partial charge < -0.3 is 14.6 Å². The van der Waals surface area contributed by atoms with Gasteiger partial charge >= 0.3 is 0 Å². The minimum absolute atomic E-state index is 0.0208. The molecular formula is C14H30N2O3. The average molecular weight is 274 g/mol. The van der Waals surface area contributed by atoms with Gasteiger partial charge in [-0.3, -0.25) is 5.43 Å². The Balaban J connectivity index is 2.19. The standard InChI is InChI=1S/C14H30N2O3/c1-11-6-5-7-12(2)16(11)15-8-14(17)10-19-13(3)9-18-4/h11-15,17H,5-10H2,1-4H3. The van der Waals surface area contributed by atoms with Gasteiger partial charge in [-0.15, -0.1) is 0 Å². The van der Waals surface area contributed by atoms with Gasteiger partial charge in [-0.25, -0.2) is 5.01 Å². The Morgan fingerprint density at radius 3 is 2.47 bits per heavy atom. The molecule has 4 atom stereocenters. The normalized spacial score (nSPS) is 28.3. The molecule has 5 heteroatoms. The molecule has 1 aliphatic rings. The molecule has 1 fully saturated rings. The number of hydrogen-bond acceptors (Lipinski definition) is 5. The van der Waals surface area contributed by atoms with Crippen LogP contribution in [0.25, 0.3) is 0 Å². The van der Waals surface area contributed by atoms with Gasteiger partial charge in [-0.2, -0.15) is 0 Å². The van der Waals surface area contributed by atoms with Crippen molar-refractivity contribution >= 4 is 0 Å². The Morgan fingerprint density at radius 2 is 1.89 bits per heavy atom. The largest absolute Gasteiger partial charge is 0.389 e. The van der Waals surface area contributed by atoms with Crippen molar-refractivity contribution in [3.8, 4) is 0 Å². The van der Waals surface area contributed by atoms with Crippen LogP contribution in [-0.4, -0.2) is 61.3 Å². The Morgan fingerprint density at radius 1 is 1.26 bits per heavy atom. The second kappa shape index (κ2) is 8.87. The van der Waals surface area contributed by atoms with Crippen molar-refractivity contribution < 1.29 is 14.6 Å². The maximum atomic E-state index is 9.91. The summed E-state index contributed by atoms with van der Waals surface area (Å²) in [6, 6.07) is 1.06. The van der Waals surface area contributed by atoms with E-state index >= 15 is 0 Å². The Bertz CT molecular complexity index is 231. The lowest BCUT2D eigenvalue weighted by Gasteiger charge is -2.39. The van der Waals surface area contributed by atoms with Gasteiger partial charge in [0.25, 0.3) is 0 Å². The molecule has 0 aromatic carbocycles. The smallest absolute Gasteiger partial charge is 0.0911 e. The summed E-state index contributed by atoms with van der Waals surface area (Å²) in [5.74, 6) is 0. The van der Waals surface area contributed by atoms with E-state index in [2.05, 4.69) is 24.3 Å². The van der Waals surface area contributed by atoms with Gasteiger partial charge in [0, 0.05) is 25.7 Å². The highest BCUT2D eigenvalue weighted by atomic mass is 16.5. The lowest BCUT2D eigenvalue weighted by molar-refractivity contribution is -0.0423. The Kier molecular flexibility index (Phi) is 7.87. The van der Waals surface area contributed by atoms with Crippen molar-refractivity contribution in [3.05, 3.63) is 0 Å². The van der Waals surface area contributed by atoms with Gasteiger partial charge in [-0.05, 0) is 33.6 Å². The molecular weight excluding hydrogens is 244 g/mol. The molecule has 4 unspecified atom stereocenters. The fraction of sp³-hybridized carbons (Fsp3) is 1.00. The summed E-state index contributed by atoms with van der Waals surface area (Å²) in [5.41, 5.74) is 3.35. The zero-order valence-corrected chi connectivity index (χ0v) is 12.8. The molecule has 5 nitrogen and oxygen atoms in total. The van der Waals surface area contributed by atoms with Crippen LogP contribution < -0.4 is 5.43 Å². The van der Waals surface area contributed by atoms with Gasteiger partial charge in [0.2, 0.25) is 0 Å². The zero-order valence-electron chi connectivity index (χ0n) is 12.8. The number of nitrogens with zero attached hydrogens (tertiary/aromatic N) is 1. The monoisotopic (exact) mass is 274 g/mol. The lowest BCUT2D eigenvalue weighted by atomic mass is 10.00. The quantitative estimate of drug-likeness (QED) is 0.696. The topological polar surface area (TPSA) is 54.0 Å². The first-order valence-corrected chi connectivity index (χ1v) is 7.35. The summed E-state index contributed by atoms with van der Waals surface area (Å²) in [5, 5.41) is 12.2. The molecule has 19 heavy (non-hydrogen) atoms. The van der Waals surface area contributed by atoms with E-state index in [4.69, 9.17) is 9.47 Å². The summed E-state index contributed by atoms with van der Waals surface area (Å²) in [6.45, 7) is 7.83. The van der Waals surface area contributed by atoms with E-state index in [9.17, 15) is 5.11 Å². The molecule has 0 aliphatic carbocycles. The molecule has 0 saturated carbocycles. The van der Waals surface area contributed by atoms with Crippen LogP contribution in [0.3, 0.4) is 0 Å². The van der Waals surface area contributed by atoms with E-state index in [0.29, 0.717) is 31.8 Å². The molecule has 1 rings (SSSR count). The maximum absolute atomic E-state index is 9.91. The van der Waals surface area contributed by atoms with E-state index in [0.717, 1.165) is 0 Å². The maximum Gasteiger partial charge on any atom is 0.0911 e. The number of nitrogens with one attached hydrogen (secondary N) is 1. The summed E-state index contributed by atoms with van der Waals surface area (Å²) in [6.07, 6.45) is 3.26. The van der Waals surface area contributed by atoms with Crippen LogP contribution in [0.15, 0.2) is 0 Å². The number of hydrogen-bond donors (Lipinski definition) is 2. The van der Waals surface area contributed by atoms with Gasteiger partial charge in [0.05, 0.1) is 25.4 Å². The van der Waals surface area contributed by atoms with Crippen molar-refractivity contribution in [2.24, 2.45) is 0 Å². The Labute approximate surface area is 117 Å². The number of methoxy groups -OCH3 is 1. The molecule has 0 radical (unpaired) electrons. The minimum Gasteiger partial charge on any atom is -0.389 e. The number of aliphatic hydroxyl groups is 1. The molecule has 1 heterocycles. The SMILES string of the molecule is COCC(C)OCC(O)CNN1C(C)CCCC1C. The highest BCUT2D eigenvalue weighted by Gasteiger charge is 2.24. The van der Waals surface area contributed by atoms with Crippen LogP contribution in [0.2, 0.25) is 0 Å². The molecule has 1 saturated heterocycles. The van der Waals surface area contributed by atoms with Crippen LogP contribution in [0.1, 0.15) is 40.0 Å². The first kappa shape index (κ1) is 16.9. The minimum atomic E-state index is -0.486. The van der Waals surface area contributed by atoms with E-state index in [1.807, 2.05) is 6.92 Å². The van der Waals surface area contributed by atoms with E-state index in [1.165, 1.54) is 19.3 Å². The summed E-state index contributed by atoms with van der Waals surface area (Å²) >= 11 is 0. The molecule has 114 valence electrons. The first-order chi connectivity index (χ1) is 9.04. The van der Waals surface area contributed by atoms with Crippen molar-refractivity contribution in [2.45, 2.75) is 64.3 Å². The number of aliphatic hydroxyl groups excluding tert-OH is 1.